The van der Waals surface area contributed by atoms with Crippen molar-refractivity contribution in [3.05, 3.63) is 97.1 Å². The van der Waals surface area contributed by atoms with Gasteiger partial charge in [-0.05, 0) is 72.5 Å². The molecule has 0 saturated carbocycles. The van der Waals surface area contributed by atoms with Crippen LogP contribution in [0.4, 0.5) is 0 Å². The largest absolute Gasteiger partial charge is 3.00 e. The minimum absolute atomic E-state index is 0. The van der Waals surface area contributed by atoms with E-state index in [-0.39, 0.29) is 65.8 Å². The maximum absolute atomic E-state index is 10.8. The van der Waals surface area contributed by atoms with Gasteiger partial charge < -0.3 is 56.9 Å². The molecule has 2 N–H and O–H groups in total. The Bertz CT molecular complexity index is 1340. The molecule has 0 radical (unpaired) electrons. The van der Waals surface area contributed by atoms with E-state index in [4.69, 9.17) is 19.4 Å². The number of hydrogen-bond donors (Lipinski definition) is 2. The van der Waals surface area contributed by atoms with Crippen LogP contribution in [0.1, 0.15) is 11.1 Å². The van der Waals surface area contributed by atoms with Crippen molar-refractivity contribution in [1.82, 2.24) is 9.97 Å². The fraction of sp³-hybridized carbons (Fsp3) is 0.133. The molecule has 0 aliphatic rings. The van der Waals surface area contributed by atoms with E-state index in [9.17, 15) is 10.2 Å². The summed E-state index contributed by atoms with van der Waals surface area (Å²) in [4.78, 5) is 9.57. The molecule has 0 fully saturated rings. The molecule has 210 valence electrons. The molecular formula is C30H28Cl3MnN2O4. The van der Waals surface area contributed by atoms with Gasteiger partial charge in [0.05, 0.1) is 37.0 Å². The Kier molecular flexibility index (Phi) is 15.5. The van der Waals surface area contributed by atoms with Crippen molar-refractivity contribution < 1.29 is 74.0 Å². The molecule has 6 nitrogen and oxygen atoms in total. The van der Waals surface area contributed by atoms with Crippen molar-refractivity contribution in [2.24, 2.45) is 0 Å². The molecule has 2 heterocycles. The summed E-state index contributed by atoms with van der Waals surface area (Å²) in [6.45, 7) is 7.60. The molecular weight excluding hydrogens is 614 g/mol. The second kappa shape index (κ2) is 16.8. The van der Waals surface area contributed by atoms with Gasteiger partial charge in [-0.15, -0.1) is 13.2 Å². The Balaban J connectivity index is 0.00000380. The topological polar surface area (TPSA) is 84.7 Å². The van der Waals surface area contributed by atoms with Crippen molar-refractivity contribution in [3.8, 4) is 56.9 Å². The summed E-state index contributed by atoms with van der Waals surface area (Å²) in [5.41, 5.74) is 5.42. The van der Waals surface area contributed by atoms with Crippen molar-refractivity contribution in [2.45, 2.75) is 12.8 Å². The Morgan fingerprint density at radius 2 is 1.00 bits per heavy atom. The fourth-order valence-electron chi connectivity index (χ4n) is 4.06. The normalized spacial score (nSPS) is 9.55. The van der Waals surface area contributed by atoms with Crippen LogP contribution in [0.15, 0.2) is 86.0 Å². The van der Waals surface area contributed by atoms with Crippen molar-refractivity contribution in [2.75, 3.05) is 14.2 Å². The third-order valence-corrected chi connectivity index (χ3v) is 5.78. The van der Waals surface area contributed by atoms with Crippen LogP contribution < -0.4 is 46.7 Å². The minimum Gasteiger partial charge on any atom is -1.00 e. The third-order valence-electron chi connectivity index (χ3n) is 5.78. The van der Waals surface area contributed by atoms with Gasteiger partial charge in [-0.2, -0.15) is 0 Å². The molecule has 4 aromatic rings. The zero-order valence-corrected chi connectivity index (χ0v) is 25.3. The average molecular weight is 642 g/mol. The monoisotopic (exact) mass is 640 g/mol. The van der Waals surface area contributed by atoms with Gasteiger partial charge in [-0.25, -0.2) is 9.97 Å². The van der Waals surface area contributed by atoms with E-state index in [2.05, 4.69) is 13.2 Å². The number of rotatable bonds is 9. The predicted octanol–water partition coefficient (Wildman–Crippen LogP) is -2.63. The maximum atomic E-state index is 10.8. The van der Waals surface area contributed by atoms with E-state index in [0.29, 0.717) is 58.2 Å². The van der Waals surface area contributed by atoms with E-state index in [0.717, 1.165) is 11.1 Å². The molecule has 0 bridgehead atoms. The fourth-order valence-corrected chi connectivity index (χ4v) is 4.06. The van der Waals surface area contributed by atoms with E-state index in [1.165, 1.54) is 14.2 Å². The summed E-state index contributed by atoms with van der Waals surface area (Å²) in [5, 5.41) is 21.6. The van der Waals surface area contributed by atoms with Crippen LogP contribution >= 0.6 is 0 Å². The second-order valence-electron chi connectivity index (χ2n) is 8.19. The molecule has 2 aromatic carbocycles. The standard InChI is InChI=1S/C30H28N2O4.3ClH.Mn/c1-5-9-19-15-21(29(33)27(17-19)35-3)23-11-7-13-25(31-23)26-14-8-12-24(32-26)22-16-20(10-6-2)18-28(36-4)30(22)34;;;;/h5-8,11-18,33-34H,1-2,9-10H2,3-4H3;3*1H;/q;;;;+3/p-3. The molecule has 0 unspecified atom stereocenters. The Labute approximate surface area is 263 Å². The summed E-state index contributed by atoms with van der Waals surface area (Å²) >= 11 is 0. The summed E-state index contributed by atoms with van der Waals surface area (Å²) in [7, 11) is 3.04. The van der Waals surface area contributed by atoms with Crippen LogP contribution in [0.3, 0.4) is 0 Å². The van der Waals surface area contributed by atoms with Gasteiger partial charge in [0.25, 0.3) is 0 Å². The summed E-state index contributed by atoms with van der Waals surface area (Å²) in [6.07, 6.45) is 4.85. The molecule has 0 aliphatic heterocycles. The van der Waals surface area contributed by atoms with Crippen LogP contribution in [0.2, 0.25) is 0 Å². The zero-order chi connectivity index (χ0) is 25.7. The molecule has 0 amide bonds. The first-order valence-electron chi connectivity index (χ1n) is 11.5. The van der Waals surface area contributed by atoms with Crippen molar-refractivity contribution in [3.63, 3.8) is 0 Å². The van der Waals surface area contributed by atoms with Gasteiger partial charge in [-0.1, -0.05) is 24.3 Å². The van der Waals surface area contributed by atoms with Gasteiger partial charge in [0, 0.05) is 11.1 Å². The molecule has 40 heavy (non-hydrogen) atoms. The maximum Gasteiger partial charge on any atom is 3.00 e. The van der Waals surface area contributed by atoms with Gasteiger partial charge >= 0.3 is 17.1 Å². The van der Waals surface area contributed by atoms with Gasteiger partial charge in [-0.3, -0.25) is 0 Å². The summed E-state index contributed by atoms with van der Waals surface area (Å²) in [5.74, 6) is 0.793. The average Bonchev–Trinajstić information content (AvgIpc) is 2.91. The Morgan fingerprint density at radius 1 is 0.650 bits per heavy atom. The molecule has 0 saturated heterocycles. The SMILES string of the molecule is C=CCc1cc(OC)c(O)c(-c2cccc(-c3cccc(-c4cc(CC=C)cc(OC)c4O)n3)n2)c1.[Cl-].[Cl-].[Cl-].[Mn+3]. The van der Waals surface area contributed by atoms with Crippen LogP contribution in [-0.4, -0.2) is 34.4 Å². The van der Waals surface area contributed by atoms with Crippen LogP contribution in [0.25, 0.3) is 33.9 Å². The number of nitrogens with zero attached hydrogens (tertiary/aromatic N) is 2. The number of pyridine rings is 2. The second-order valence-corrected chi connectivity index (χ2v) is 8.19. The van der Waals surface area contributed by atoms with E-state index in [1.807, 2.05) is 48.5 Å². The number of aromatic hydroxyl groups is 2. The Hall–Kier alpha value is -3.19. The summed E-state index contributed by atoms with van der Waals surface area (Å²) in [6, 6.07) is 18.4. The molecule has 0 spiro atoms. The Morgan fingerprint density at radius 3 is 1.32 bits per heavy atom. The molecule has 2 aromatic heterocycles. The number of allylic oxidation sites excluding steroid dienone is 2. The van der Waals surface area contributed by atoms with E-state index < -0.39 is 0 Å². The first kappa shape index (κ1) is 36.8. The predicted molar refractivity (Wildman–Crippen MR) is 143 cm³/mol. The smallest absolute Gasteiger partial charge is 1.00 e. The number of hydrogen-bond acceptors (Lipinski definition) is 6. The quantitative estimate of drug-likeness (QED) is 0.154. The van der Waals surface area contributed by atoms with Crippen LogP contribution in [0, 0.1) is 0 Å². The number of benzene rings is 2. The van der Waals surface area contributed by atoms with Crippen molar-refractivity contribution in [1.29, 1.82) is 0 Å². The van der Waals surface area contributed by atoms with Crippen molar-refractivity contribution >= 4 is 0 Å². The molecule has 0 aliphatic carbocycles. The van der Waals surface area contributed by atoms with Crippen LogP contribution in [-0.2, 0) is 29.9 Å². The van der Waals surface area contributed by atoms with Gasteiger partial charge in [0.15, 0.2) is 23.0 Å². The van der Waals surface area contributed by atoms with E-state index >= 15 is 0 Å². The molecule has 0 atom stereocenters. The van der Waals surface area contributed by atoms with Gasteiger partial charge in [0.2, 0.25) is 0 Å². The number of phenols is 2. The first-order valence-corrected chi connectivity index (χ1v) is 11.5. The third kappa shape index (κ3) is 7.94. The van der Waals surface area contributed by atoms with Gasteiger partial charge in [0.1, 0.15) is 0 Å². The number of methoxy groups -OCH3 is 2. The van der Waals surface area contributed by atoms with E-state index in [1.54, 1.807) is 24.3 Å². The number of ether oxygens (including phenoxy) is 2. The minimum atomic E-state index is 0. The number of phenolic OH excluding ortho intramolecular Hbond substituents is 2. The zero-order valence-electron chi connectivity index (χ0n) is 21.9. The van der Waals surface area contributed by atoms with Crippen LogP contribution in [0.5, 0.6) is 23.0 Å². The number of halogens is 3. The summed E-state index contributed by atoms with van der Waals surface area (Å²) < 4.78 is 10.7. The molecule has 4 rings (SSSR count). The number of aromatic nitrogens is 2. The molecule has 10 heteroatoms. The first-order chi connectivity index (χ1) is 17.5.